The van der Waals surface area contributed by atoms with Gasteiger partial charge in [-0.05, 0) is 104 Å². The lowest BCUT2D eigenvalue weighted by atomic mass is 9.49. The van der Waals surface area contributed by atoms with Crippen LogP contribution in [0.2, 0.25) is 0 Å². The summed E-state index contributed by atoms with van der Waals surface area (Å²) in [6, 6.07) is 0. The van der Waals surface area contributed by atoms with Gasteiger partial charge in [-0.2, -0.15) is 0 Å². The van der Waals surface area contributed by atoms with Crippen LogP contribution in [0.5, 0.6) is 0 Å². The van der Waals surface area contributed by atoms with Gasteiger partial charge in [0, 0.05) is 0 Å². The summed E-state index contributed by atoms with van der Waals surface area (Å²) in [5.74, 6) is 8.54. The van der Waals surface area contributed by atoms with Gasteiger partial charge in [0.2, 0.25) is 0 Å². The molecule has 0 radical (unpaired) electrons. The van der Waals surface area contributed by atoms with Gasteiger partial charge in [0.1, 0.15) is 0 Å². The van der Waals surface area contributed by atoms with Gasteiger partial charge < -0.3 is 0 Å². The quantitative estimate of drug-likeness (QED) is 0.517. The maximum absolute atomic E-state index is 2.72. The molecule has 0 aromatic carbocycles. The van der Waals surface area contributed by atoms with E-state index in [0.29, 0.717) is 5.41 Å². The third-order valence-electron chi connectivity index (χ3n) is 9.62. The van der Waals surface area contributed by atoms with Gasteiger partial charge in [0.15, 0.2) is 0 Å². The summed E-state index contributed by atoms with van der Waals surface area (Å²) < 4.78 is 0. The number of fused-ring (bicyclic) bond motifs is 5. The van der Waals surface area contributed by atoms with Gasteiger partial charge in [0.05, 0.1) is 0 Å². The fourth-order valence-electron chi connectivity index (χ4n) is 8.35. The molecule has 4 saturated carbocycles. The van der Waals surface area contributed by atoms with Crippen molar-refractivity contribution in [1.29, 1.82) is 0 Å². The highest BCUT2D eigenvalue weighted by Gasteiger charge is 2.57. The molecule has 0 bridgehead atoms. The van der Waals surface area contributed by atoms with Crippen LogP contribution in [0.15, 0.2) is 0 Å². The average molecular weight is 317 g/mol. The van der Waals surface area contributed by atoms with Crippen LogP contribution in [0.1, 0.15) is 91.9 Å². The first-order chi connectivity index (χ1) is 11.0. The second-order valence-electron chi connectivity index (χ2n) is 10.5. The van der Waals surface area contributed by atoms with Crippen LogP contribution >= 0.6 is 0 Å². The van der Waals surface area contributed by atoms with Crippen molar-refractivity contribution in [3.05, 3.63) is 0 Å². The maximum Gasteiger partial charge on any atom is -0.0264 e. The normalized spacial score (nSPS) is 54.0. The van der Waals surface area contributed by atoms with Gasteiger partial charge in [-0.25, -0.2) is 0 Å². The van der Waals surface area contributed by atoms with E-state index in [0.717, 1.165) is 47.3 Å². The summed E-state index contributed by atoms with van der Waals surface area (Å²) in [5, 5.41) is 0. The zero-order valence-electron chi connectivity index (χ0n) is 16.2. The molecule has 0 heterocycles. The van der Waals surface area contributed by atoms with E-state index < -0.39 is 0 Å². The Kier molecular flexibility index (Phi) is 4.34. The molecule has 9 atom stereocenters. The summed E-state index contributed by atoms with van der Waals surface area (Å²) in [5.41, 5.74) is 0.700. The van der Waals surface area contributed by atoms with E-state index in [2.05, 4.69) is 27.7 Å². The summed E-state index contributed by atoms with van der Waals surface area (Å²) in [6.07, 6.45) is 15.5. The van der Waals surface area contributed by atoms with E-state index in [1.54, 1.807) is 51.4 Å². The molecule has 7 unspecified atom stereocenters. The molecule has 0 N–H and O–H groups in total. The Morgan fingerprint density at radius 3 is 2.48 bits per heavy atom. The monoisotopic (exact) mass is 316 g/mol. The minimum Gasteiger partial charge on any atom is -0.0651 e. The van der Waals surface area contributed by atoms with E-state index in [1.165, 1.54) is 12.8 Å². The van der Waals surface area contributed by atoms with E-state index in [4.69, 9.17) is 0 Å². The molecule has 0 aromatic rings. The Morgan fingerprint density at radius 2 is 1.70 bits per heavy atom. The topological polar surface area (TPSA) is 0 Å². The molecule has 23 heavy (non-hydrogen) atoms. The smallest absolute Gasteiger partial charge is 0.0264 e. The van der Waals surface area contributed by atoms with Crippen LogP contribution < -0.4 is 0 Å². The van der Waals surface area contributed by atoms with Crippen molar-refractivity contribution < 1.29 is 0 Å². The largest absolute Gasteiger partial charge is 0.0651 e. The van der Waals surface area contributed by atoms with Crippen molar-refractivity contribution >= 4 is 0 Å². The third-order valence-corrected chi connectivity index (χ3v) is 9.62. The van der Waals surface area contributed by atoms with Gasteiger partial charge in [0.25, 0.3) is 0 Å². The summed E-state index contributed by atoms with van der Waals surface area (Å²) in [4.78, 5) is 0. The molecule has 0 saturated heterocycles. The van der Waals surface area contributed by atoms with Crippen LogP contribution in [-0.4, -0.2) is 0 Å². The van der Waals surface area contributed by atoms with E-state index >= 15 is 0 Å². The van der Waals surface area contributed by atoms with E-state index in [9.17, 15) is 0 Å². The molecule has 0 aliphatic heterocycles. The first kappa shape index (κ1) is 16.5. The minimum atomic E-state index is 0.700. The molecule has 4 rings (SSSR count). The second-order valence-corrected chi connectivity index (χ2v) is 10.5. The lowest BCUT2D eigenvalue weighted by molar-refractivity contribution is -0.0729. The van der Waals surface area contributed by atoms with E-state index in [-0.39, 0.29) is 0 Å². The first-order valence-electron chi connectivity index (χ1n) is 11.0. The fourth-order valence-corrected chi connectivity index (χ4v) is 8.35. The molecule has 0 amide bonds. The molecule has 4 fully saturated rings. The molecule has 0 spiro atoms. The van der Waals surface area contributed by atoms with Crippen molar-refractivity contribution in [3.63, 3.8) is 0 Å². The first-order valence-corrected chi connectivity index (χ1v) is 11.0. The Hall–Kier alpha value is 0. The van der Waals surface area contributed by atoms with Gasteiger partial charge >= 0.3 is 0 Å². The summed E-state index contributed by atoms with van der Waals surface area (Å²) in [7, 11) is 0. The van der Waals surface area contributed by atoms with Crippen molar-refractivity contribution in [2.24, 2.45) is 52.8 Å². The minimum absolute atomic E-state index is 0.700. The molecule has 4 aliphatic rings. The van der Waals surface area contributed by atoms with Crippen LogP contribution in [0, 0.1) is 52.8 Å². The van der Waals surface area contributed by atoms with Crippen molar-refractivity contribution in [2.75, 3.05) is 0 Å². The Bertz CT molecular complexity index is 426. The maximum atomic E-state index is 2.72. The van der Waals surface area contributed by atoms with Crippen LogP contribution in [0.4, 0.5) is 0 Å². The van der Waals surface area contributed by atoms with Gasteiger partial charge in [-0.3, -0.25) is 0 Å². The molecule has 4 aliphatic carbocycles. The number of rotatable bonds is 2. The SMILES string of the molecule is CCC(C)C1CC[C@H]2C3CCC4CC(C)CCC4[C@H]3CCC12C. The van der Waals surface area contributed by atoms with Gasteiger partial charge in [-0.15, -0.1) is 0 Å². The van der Waals surface area contributed by atoms with E-state index in [1.807, 2.05) is 0 Å². The van der Waals surface area contributed by atoms with Gasteiger partial charge in [-0.1, -0.05) is 40.5 Å². The zero-order chi connectivity index (χ0) is 16.2. The molecule has 0 nitrogen and oxygen atoms in total. The van der Waals surface area contributed by atoms with Crippen LogP contribution in [-0.2, 0) is 0 Å². The fraction of sp³-hybridized carbons (Fsp3) is 1.00. The highest BCUT2D eigenvalue weighted by atomic mass is 14.6. The second kappa shape index (κ2) is 6.06. The number of hydrogen-bond donors (Lipinski definition) is 0. The van der Waals surface area contributed by atoms with Crippen molar-refractivity contribution in [3.8, 4) is 0 Å². The number of hydrogen-bond acceptors (Lipinski definition) is 0. The lowest BCUT2D eigenvalue weighted by Gasteiger charge is -2.56. The molecular formula is C23H40. The average Bonchev–Trinajstić information content (AvgIpc) is 2.90. The highest BCUT2D eigenvalue weighted by Crippen LogP contribution is 2.65. The van der Waals surface area contributed by atoms with Crippen molar-refractivity contribution in [2.45, 2.75) is 91.9 Å². The van der Waals surface area contributed by atoms with Crippen molar-refractivity contribution in [1.82, 2.24) is 0 Å². The Labute approximate surface area is 145 Å². The Balaban J connectivity index is 1.54. The van der Waals surface area contributed by atoms with Crippen LogP contribution in [0.25, 0.3) is 0 Å². The lowest BCUT2D eigenvalue weighted by Crippen LogP contribution is -2.49. The summed E-state index contributed by atoms with van der Waals surface area (Å²) >= 11 is 0. The molecule has 0 heteroatoms. The third kappa shape index (κ3) is 2.53. The molecule has 0 aromatic heterocycles. The summed E-state index contributed by atoms with van der Waals surface area (Å²) in [6.45, 7) is 10.2. The van der Waals surface area contributed by atoms with Crippen LogP contribution in [0.3, 0.4) is 0 Å². The zero-order valence-corrected chi connectivity index (χ0v) is 16.2. The molecule has 132 valence electrons. The predicted molar refractivity (Wildman–Crippen MR) is 99.2 cm³/mol. The Morgan fingerprint density at radius 1 is 0.913 bits per heavy atom. The molecular weight excluding hydrogens is 276 g/mol. The highest BCUT2D eigenvalue weighted by molar-refractivity contribution is 5.06. The predicted octanol–water partition coefficient (Wildman–Crippen LogP) is 6.94. The standard InChI is InChI=1S/C23H40/c1-5-16(3)21-10-11-22-20-9-7-17-14-15(2)6-8-18(17)19(20)12-13-23(21,22)4/h15-22H,5-14H2,1-4H3/t15?,16?,17?,18?,19-,20?,21?,22+,23?/m1/s1.